The van der Waals surface area contributed by atoms with Crippen LogP contribution in [0.5, 0.6) is 17.2 Å². The Labute approximate surface area is 159 Å². The Morgan fingerprint density at radius 2 is 1.77 bits per heavy atom. The van der Waals surface area contributed by atoms with E-state index in [1.165, 1.54) is 25.7 Å². The van der Waals surface area contributed by atoms with Crippen molar-refractivity contribution < 1.29 is 14.2 Å². The number of thioether (sulfide) groups is 1. The Hall–Kier alpha value is -1.89. The van der Waals surface area contributed by atoms with Crippen molar-refractivity contribution in [3.63, 3.8) is 0 Å². The number of nitrogens with zero attached hydrogens (tertiary/aromatic N) is 2. The number of amidine groups is 1. The predicted molar refractivity (Wildman–Crippen MR) is 107 cm³/mol. The second-order valence-electron chi connectivity index (χ2n) is 6.64. The molecule has 0 unspecified atom stereocenters. The van der Waals surface area contributed by atoms with Gasteiger partial charge < -0.3 is 14.2 Å². The molecule has 1 heterocycles. The number of hydrogen-bond acceptors (Lipinski definition) is 6. The second-order valence-corrected chi connectivity index (χ2v) is 7.60. The molecule has 1 fully saturated rings. The number of ether oxygens (including phenoxy) is 3. The fraction of sp³-hybridized carbons (Fsp3) is 0.579. The zero-order chi connectivity index (χ0) is 18.5. The van der Waals surface area contributed by atoms with Crippen molar-refractivity contribution in [2.75, 3.05) is 27.1 Å². The molecule has 1 aliphatic heterocycles. The molecule has 7 heteroatoms. The lowest BCUT2D eigenvalue weighted by molar-refractivity contribution is 0.324. The van der Waals surface area contributed by atoms with Gasteiger partial charge >= 0.3 is 0 Å². The summed E-state index contributed by atoms with van der Waals surface area (Å²) in [4.78, 5) is 4.89. The van der Waals surface area contributed by atoms with Crippen LogP contribution in [0.2, 0.25) is 0 Å². The zero-order valence-corrected chi connectivity index (χ0v) is 16.7. The van der Waals surface area contributed by atoms with Crippen molar-refractivity contribution in [3.8, 4) is 17.2 Å². The number of rotatable bonds is 5. The number of aliphatic imine (C=N–C) groups is 1. The summed E-state index contributed by atoms with van der Waals surface area (Å²) < 4.78 is 16.2. The molecule has 1 aromatic rings. The molecule has 142 valence electrons. The molecule has 1 N–H and O–H groups in total. The first-order valence-corrected chi connectivity index (χ1v) is 9.98. The highest BCUT2D eigenvalue weighted by Gasteiger charge is 2.23. The lowest BCUT2D eigenvalue weighted by atomic mass is 9.86. The molecule has 2 atom stereocenters. The van der Waals surface area contributed by atoms with Gasteiger partial charge in [-0.1, -0.05) is 31.5 Å². The number of hydrazone groups is 1. The van der Waals surface area contributed by atoms with Crippen molar-refractivity contribution in [1.29, 1.82) is 0 Å². The van der Waals surface area contributed by atoms with Crippen molar-refractivity contribution >= 4 is 22.6 Å². The largest absolute Gasteiger partial charge is 0.493 e. The van der Waals surface area contributed by atoms with Crippen LogP contribution in [-0.4, -0.2) is 44.0 Å². The SMILES string of the molecule is COc1cc(C2=NNC(=N[C@@H]3CCCC[C@H]3C)SC2)cc(OC)c1OC. The van der Waals surface area contributed by atoms with Gasteiger partial charge in [0.1, 0.15) is 0 Å². The number of benzene rings is 1. The molecule has 26 heavy (non-hydrogen) atoms. The van der Waals surface area contributed by atoms with Gasteiger partial charge in [-0.3, -0.25) is 10.4 Å². The molecule has 1 saturated carbocycles. The minimum Gasteiger partial charge on any atom is -0.493 e. The summed E-state index contributed by atoms with van der Waals surface area (Å²) in [6, 6.07) is 4.26. The van der Waals surface area contributed by atoms with E-state index in [1.807, 2.05) is 12.1 Å². The zero-order valence-electron chi connectivity index (χ0n) is 15.9. The molecular formula is C19H27N3O3S. The van der Waals surface area contributed by atoms with Gasteiger partial charge in [-0.15, -0.1) is 0 Å². The maximum Gasteiger partial charge on any atom is 0.203 e. The van der Waals surface area contributed by atoms with Crippen molar-refractivity contribution in [3.05, 3.63) is 17.7 Å². The van der Waals surface area contributed by atoms with E-state index >= 15 is 0 Å². The van der Waals surface area contributed by atoms with Gasteiger partial charge in [0.2, 0.25) is 5.75 Å². The maximum absolute atomic E-state index is 5.43. The third-order valence-electron chi connectivity index (χ3n) is 4.98. The molecule has 0 saturated heterocycles. The summed E-state index contributed by atoms with van der Waals surface area (Å²) in [7, 11) is 4.84. The molecule has 0 bridgehead atoms. The van der Waals surface area contributed by atoms with E-state index in [-0.39, 0.29) is 0 Å². The molecule has 1 aliphatic carbocycles. The van der Waals surface area contributed by atoms with Gasteiger partial charge in [0.25, 0.3) is 0 Å². The monoisotopic (exact) mass is 377 g/mol. The first kappa shape index (κ1) is 18.9. The average Bonchev–Trinajstić information content (AvgIpc) is 2.69. The van der Waals surface area contributed by atoms with Crippen LogP contribution in [0.3, 0.4) is 0 Å². The van der Waals surface area contributed by atoms with Crippen LogP contribution in [-0.2, 0) is 0 Å². The van der Waals surface area contributed by atoms with Crippen LogP contribution in [0, 0.1) is 5.92 Å². The fourth-order valence-electron chi connectivity index (χ4n) is 3.42. The lowest BCUT2D eigenvalue weighted by Gasteiger charge is -2.26. The lowest BCUT2D eigenvalue weighted by Crippen LogP contribution is -2.29. The van der Waals surface area contributed by atoms with Crippen LogP contribution < -0.4 is 19.6 Å². The van der Waals surface area contributed by atoms with Crippen LogP contribution >= 0.6 is 11.8 Å². The van der Waals surface area contributed by atoms with Gasteiger partial charge in [0, 0.05) is 11.3 Å². The van der Waals surface area contributed by atoms with E-state index < -0.39 is 0 Å². The highest BCUT2D eigenvalue weighted by atomic mass is 32.2. The van der Waals surface area contributed by atoms with E-state index in [2.05, 4.69) is 17.5 Å². The summed E-state index contributed by atoms with van der Waals surface area (Å²) in [5.41, 5.74) is 5.01. The minimum atomic E-state index is 0.414. The summed E-state index contributed by atoms with van der Waals surface area (Å²) in [6.07, 6.45) is 5.05. The van der Waals surface area contributed by atoms with E-state index in [0.717, 1.165) is 22.2 Å². The third kappa shape index (κ3) is 4.09. The summed E-state index contributed by atoms with van der Waals surface area (Å²) in [6.45, 7) is 2.30. The molecular weight excluding hydrogens is 350 g/mol. The van der Waals surface area contributed by atoms with Crippen LogP contribution in [0.15, 0.2) is 22.2 Å². The summed E-state index contributed by atoms with van der Waals surface area (Å²) >= 11 is 1.69. The standard InChI is InChI=1S/C19H27N3O3S/c1-12-7-5-6-8-14(12)20-19-22-21-15(11-26-19)13-9-16(23-2)18(25-4)17(10-13)24-3/h9-10,12,14H,5-8,11H2,1-4H3,(H,20,22)/t12-,14-/m1/s1. The fourth-order valence-corrected chi connectivity index (χ4v) is 4.24. The number of nitrogens with one attached hydrogen (secondary N) is 1. The van der Waals surface area contributed by atoms with Gasteiger partial charge in [-0.2, -0.15) is 5.10 Å². The molecule has 2 aliphatic rings. The van der Waals surface area contributed by atoms with E-state index in [9.17, 15) is 0 Å². The van der Waals surface area contributed by atoms with E-state index in [1.54, 1.807) is 33.1 Å². The Kier molecular flexibility index (Phi) is 6.29. The minimum absolute atomic E-state index is 0.414. The Balaban J connectivity index is 1.78. The third-order valence-corrected chi connectivity index (χ3v) is 5.87. The molecule has 3 rings (SSSR count). The maximum atomic E-state index is 5.43. The summed E-state index contributed by atoms with van der Waals surface area (Å²) in [5, 5.41) is 5.46. The van der Waals surface area contributed by atoms with Crippen LogP contribution in [0.25, 0.3) is 0 Å². The Morgan fingerprint density at radius 3 is 2.31 bits per heavy atom. The quantitative estimate of drug-likeness (QED) is 0.848. The van der Waals surface area contributed by atoms with Crippen molar-refractivity contribution in [1.82, 2.24) is 5.43 Å². The first-order valence-electron chi connectivity index (χ1n) is 8.99. The molecule has 0 amide bonds. The Bertz CT molecular complexity index is 680. The van der Waals surface area contributed by atoms with E-state index in [4.69, 9.17) is 19.2 Å². The van der Waals surface area contributed by atoms with Gasteiger partial charge in [-0.05, 0) is 30.9 Å². The number of hydrogen-bond donors (Lipinski definition) is 1. The second kappa shape index (κ2) is 8.66. The molecule has 0 spiro atoms. The molecule has 6 nitrogen and oxygen atoms in total. The van der Waals surface area contributed by atoms with Gasteiger partial charge in [-0.25, -0.2) is 0 Å². The summed E-state index contributed by atoms with van der Waals surface area (Å²) in [5.74, 6) is 3.25. The first-order chi connectivity index (χ1) is 12.7. The van der Waals surface area contributed by atoms with Gasteiger partial charge in [0.05, 0.1) is 33.1 Å². The smallest absolute Gasteiger partial charge is 0.203 e. The highest BCUT2D eigenvalue weighted by Crippen LogP contribution is 2.38. The van der Waals surface area contributed by atoms with Crippen molar-refractivity contribution in [2.24, 2.45) is 16.0 Å². The van der Waals surface area contributed by atoms with Crippen LogP contribution in [0.4, 0.5) is 0 Å². The van der Waals surface area contributed by atoms with Gasteiger partial charge in [0.15, 0.2) is 16.7 Å². The normalized spacial score (nSPS) is 24.6. The topological polar surface area (TPSA) is 64.4 Å². The molecule has 1 aromatic carbocycles. The average molecular weight is 378 g/mol. The van der Waals surface area contributed by atoms with Crippen molar-refractivity contribution in [2.45, 2.75) is 38.6 Å². The van der Waals surface area contributed by atoms with E-state index in [0.29, 0.717) is 29.2 Å². The highest BCUT2D eigenvalue weighted by molar-refractivity contribution is 8.14. The van der Waals surface area contributed by atoms with Crippen LogP contribution in [0.1, 0.15) is 38.2 Å². The predicted octanol–water partition coefficient (Wildman–Crippen LogP) is 3.69. The molecule has 0 radical (unpaired) electrons. The Morgan fingerprint density at radius 1 is 1.08 bits per heavy atom. The molecule has 0 aromatic heterocycles. The number of methoxy groups -OCH3 is 3.